The van der Waals surface area contributed by atoms with Gasteiger partial charge >= 0.3 is 0 Å². The molecule has 2 heterocycles. The van der Waals surface area contributed by atoms with E-state index >= 15 is 0 Å². The number of nitrogens with one attached hydrogen (secondary N) is 1. The van der Waals surface area contributed by atoms with Crippen molar-refractivity contribution in [1.29, 1.82) is 0 Å². The van der Waals surface area contributed by atoms with E-state index in [0.29, 0.717) is 6.54 Å². The van der Waals surface area contributed by atoms with Crippen LogP contribution in [-0.2, 0) is 4.79 Å². The molecule has 0 radical (unpaired) electrons. The van der Waals surface area contributed by atoms with Gasteiger partial charge in [0.15, 0.2) is 6.61 Å². The SMILES string of the molecule is Cc1cc(C)cc(OCC(=O)NC[C@@H](c2ccc(C)o2)N2CCCCC2)c1. The third-order valence-electron chi connectivity index (χ3n) is 4.98. The number of rotatable bonds is 7. The first-order valence-electron chi connectivity index (χ1n) is 9.79. The smallest absolute Gasteiger partial charge is 0.258 e. The largest absolute Gasteiger partial charge is 0.484 e. The first-order chi connectivity index (χ1) is 13.0. The lowest BCUT2D eigenvalue weighted by molar-refractivity contribution is -0.123. The number of hydrogen-bond donors (Lipinski definition) is 1. The summed E-state index contributed by atoms with van der Waals surface area (Å²) < 4.78 is 11.5. The van der Waals surface area contributed by atoms with Crippen LogP contribution in [0, 0.1) is 20.8 Å². The monoisotopic (exact) mass is 370 g/mol. The Hall–Kier alpha value is -2.27. The lowest BCUT2D eigenvalue weighted by Gasteiger charge is -2.33. The Kier molecular flexibility index (Phi) is 6.56. The molecule has 1 atom stereocenters. The van der Waals surface area contributed by atoms with Crippen molar-refractivity contribution in [3.63, 3.8) is 0 Å². The third-order valence-corrected chi connectivity index (χ3v) is 4.98. The Balaban J connectivity index is 1.56. The van der Waals surface area contributed by atoms with Gasteiger partial charge in [0.05, 0.1) is 6.04 Å². The number of likely N-dealkylation sites (tertiary alicyclic amines) is 1. The van der Waals surface area contributed by atoms with E-state index in [9.17, 15) is 4.79 Å². The van der Waals surface area contributed by atoms with Crippen molar-refractivity contribution in [3.8, 4) is 5.75 Å². The summed E-state index contributed by atoms with van der Waals surface area (Å²) in [4.78, 5) is 14.7. The summed E-state index contributed by atoms with van der Waals surface area (Å²) in [6, 6.07) is 10.1. The Bertz CT molecular complexity index is 742. The zero-order chi connectivity index (χ0) is 19.2. The molecule has 1 saturated heterocycles. The van der Waals surface area contributed by atoms with Crippen molar-refractivity contribution in [2.75, 3.05) is 26.2 Å². The molecule has 1 aliphatic rings. The van der Waals surface area contributed by atoms with Gasteiger partial charge in [-0.15, -0.1) is 0 Å². The summed E-state index contributed by atoms with van der Waals surface area (Å²) in [5.74, 6) is 2.44. The number of piperidine rings is 1. The second-order valence-corrected chi connectivity index (χ2v) is 7.48. The molecule has 1 aromatic heterocycles. The van der Waals surface area contributed by atoms with Crippen molar-refractivity contribution < 1.29 is 13.9 Å². The molecule has 1 fully saturated rings. The number of aryl methyl sites for hydroxylation is 3. The van der Waals surface area contributed by atoms with Crippen LogP contribution < -0.4 is 10.1 Å². The van der Waals surface area contributed by atoms with Gasteiger partial charge in [0, 0.05) is 6.54 Å². The number of amides is 1. The molecule has 3 rings (SSSR count). The topological polar surface area (TPSA) is 54.7 Å². The molecule has 0 bridgehead atoms. The molecule has 0 saturated carbocycles. The number of benzene rings is 1. The molecule has 1 amide bonds. The average Bonchev–Trinajstić information content (AvgIpc) is 3.06. The molecular weight excluding hydrogens is 340 g/mol. The fourth-order valence-electron chi connectivity index (χ4n) is 3.70. The van der Waals surface area contributed by atoms with Crippen LogP contribution >= 0.6 is 0 Å². The maximum atomic E-state index is 12.3. The van der Waals surface area contributed by atoms with Crippen molar-refractivity contribution in [2.24, 2.45) is 0 Å². The summed E-state index contributed by atoms with van der Waals surface area (Å²) in [6.07, 6.45) is 3.66. The quantitative estimate of drug-likeness (QED) is 0.802. The molecule has 0 unspecified atom stereocenters. The van der Waals surface area contributed by atoms with E-state index in [2.05, 4.69) is 16.3 Å². The fraction of sp³-hybridized carbons (Fsp3) is 0.500. The lowest BCUT2D eigenvalue weighted by atomic mass is 10.1. The van der Waals surface area contributed by atoms with Crippen LogP contribution in [-0.4, -0.2) is 37.0 Å². The van der Waals surface area contributed by atoms with Crippen LogP contribution in [0.1, 0.15) is 48.0 Å². The number of carbonyl (C=O) groups excluding carboxylic acids is 1. The highest BCUT2D eigenvalue weighted by molar-refractivity contribution is 5.77. The molecule has 1 N–H and O–H groups in total. The van der Waals surface area contributed by atoms with Gasteiger partial charge < -0.3 is 14.5 Å². The Morgan fingerprint density at radius 2 is 1.81 bits per heavy atom. The highest BCUT2D eigenvalue weighted by Gasteiger charge is 2.25. The minimum absolute atomic E-state index is 0.0206. The molecule has 0 spiro atoms. The van der Waals surface area contributed by atoms with Gasteiger partial charge in [0.25, 0.3) is 5.91 Å². The number of nitrogens with zero attached hydrogens (tertiary/aromatic N) is 1. The van der Waals surface area contributed by atoms with Gasteiger partial charge in [0.2, 0.25) is 0 Å². The highest BCUT2D eigenvalue weighted by Crippen LogP contribution is 2.25. The average molecular weight is 370 g/mol. The molecule has 5 heteroatoms. The van der Waals surface area contributed by atoms with Crippen molar-refractivity contribution >= 4 is 5.91 Å². The van der Waals surface area contributed by atoms with E-state index in [1.807, 2.05) is 45.0 Å². The van der Waals surface area contributed by atoms with Crippen LogP contribution in [0.5, 0.6) is 5.75 Å². The number of furan rings is 1. The maximum Gasteiger partial charge on any atom is 0.258 e. The molecule has 27 heavy (non-hydrogen) atoms. The van der Waals surface area contributed by atoms with Crippen molar-refractivity contribution in [3.05, 3.63) is 53.0 Å². The Labute approximate surface area is 161 Å². The first kappa shape index (κ1) is 19.5. The maximum absolute atomic E-state index is 12.3. The second-order valence-electron chi connectivity index (χ2n) is 7.48. The summed E-state index contributed by atoms with van der Waals surface area (Å²) in [5, 5.41) is 3.02. The van der Waals surface area contributed by atoms with E-state index < -0.39 is 0 Å². The molecule has 5 nitrogen and oxygen atoms in total. The number of carbonyl (C=O) groups is 1. The molecule has 1 aromatic carbocycles. The summed E-state index contributed by atoms with van der Waals surface area (Å²) in [6.45, 7) is 8.63. The molecule has 1 aliphatic heterocycles. The van der Waals surface area contributed by atoms with Gasteiger partial charge in [0.1, 0.15) is 17.3 Å². The van der Waals surface area contributed by atoms with E-state index in [-0.39, 0.29) is 18.6 Å². The zero-order valence-corrected chi connectivity index (χ0v) is 16.6. The van der Waals surface area contributed by atoms with Gasteiger partial charge in [-0.25, -0.2) is 0 Å². The summed E-state index contributed by atoms with van der Waals surface area (Å²) in [5.41, 5.74) is 2.26. The van der Waals surface area contributed by atoms with Crippen LogP contribution in [0.3, 0.4) is 0 Å². The first-order valence-corrected chi connectivity index (χ1v) is 9.79. The molecular formula is C22H30N2O3. The third kappa shape index (κ3) is 5.60. The van der Waals surface area contributed by atoms with Gasteiger partial charge in [-0.2, -0.15) is 0 Å². The Morgan fingerprint density at radius 3 is 2.44 bits per heavy atom. The van der Waals surface area contributed by atoms with Crippen molar-refractivity contribution in [1.82, 2.24) is 10.2 Å². The van der Waals surface area contributed by atoms with Crippen LogP contribution in [0.2, 0.25) is 0 Å². The zero-order valence-electron chi connectivity index (χ0n) is 16.6. The standard InChI is InChI=1S/C22H30N2O3/c1-16-11-17(2)13-19(12-16)26-15-22(25)23-14-20(21-8-7-18(3)27-21)24-9-5-4-6-10-24/h7-8,11-13,20H,4-6,9-10,14-15H2,1-3H3,(H,23,25)/t20-/m0/s1. The molecule has 0 aliphatic carbocycles. The van der Waals surface area contributed by atoms with Crippen molar-refractivity contribution in [2.45, 2.75) is 46.1 Å². The predicted molar refractivity (Wildman–Crippen MR) is 106 cm³/mol. The van der Waals surface area contributed by atoms with E-state index in [0.717, 1.165) is 41.5 Å². The summed E-state index contributed by atoms with van der Waals surface area (Å²) in [7, 11) is 0. The minimum Gasteiger partial charge on any atom is -0.484 e. The van der Waals surface area contributed by atoms with E-state index in [1.54, 1.807) is 0 Å². The van der Waals surface area contributed by atoms with E-state index in [1.165, 1.54) is 19.3 Å². The second kappa shape index (κ2) is 9.09. The Morgan fingerprint density at radius 1 is 1.11 bits per heavy atom. The number of hydrogen-bond acceptors (Lipinski definition) is 4. The fourth-order valence-corrected chi connectivity index (χ4v) is 3.70. The predicted octanol–water partition coefficient (Wildman–Crippen LogP) is 3.93. The highest BCUT2D eigenvalue weighted by atomic mass is 16.5. The van der Waals surface area contributed by atoms with Gasteiger partial charge in [-0.05, 0) is 82.1 Å². The lowest BCUT2D eigenvalue weighted by Crippen LogP contribution is -2.41. The van der Waals surface area contributed by atoms with Crippen LogP contribution in [0.25, 0.3) is 0 Å². The van der Waals surface area contributed by atoms with Crippen LogP contribution in [0.15, 0.2) is 34.7 Å². The molecule has 2 aromatic rings. The van der Waals surface area contributed by atoms with Gasteiger partial charge in [-0.1, -0.05) is 12.5 Å². The van der Waals surface area contributed by atoms with Gasteiger partial charge in [-0.3, -0.25) is 9.69 Å². The number of ether oxygens (including phenoxy) is 1. The minimum atomic E-state index is -0.112. The molecule has 146 valence electrons. The van der Waals surface area contributed by atoms with Crippen LogP contribution in [0.4, 0.5) is 0 Å². The van der Waals surface area contributed by atoms with E-state index in [4.69, 9.17) is 9.15 Å². The summed E-state index contributed by atoms with van der Waals surface area (Å²) >= 11 is 0. The normalized spacial score (nSPS) is 16.1.